The van der Waals surface area contributed by atoms with E-state index in [1.807, 2.05) is 25.1 Å². The van der Waals surface area contributed by atoms with E-state index in [2.05, 4.69) is 9.97 Å². The van der Waals surface area contributed by atoms with E-state index in [1.54, 1.807) is 0 Å². The first-order valence-electron chi connectivity index (χ1n) is 4.96. The molecule has 1 saturated carbocycles. The van der Waals surface area contributed by atoms with Crippen LogP contribution in [0.1, 0.15) is 30.1 Å². The summed E-state index contributed by atoms with van der Waals surface area (Å²) in [5.41, 5.74) is 7.69. The highest BCUT2D eigenvalue weighted by atomic mass is 15.2. The smallest absolute Gasteiger partial charge is 0.225 e. The molecule has 0 radical (unpaired) electrons. The molecule has 1 aromatic heterocycles. The zero-order valence-electron chi connectivity index (χ0n) is 8.70. The Balaban J connectivity index is 2.35. The molecule has 0 amide bonds. The lowest BCUT2D eigenvalue weighted by molar-refractivity contribution is 0.880. The lowest BCUT2D eigenvalue weighted by Crippen LogP contribution is -2.15. The predicted octanol–water partition coefficient (Wildman–Crippen LogP) is 0.879. The fourth-order valence-corrected chi connectivity index (χ4v) is 1.40. The maximum absolute atomic E-state index is 5.60. The summed E-state index contributed by atoms with van der Waals surface area (Å²) in [5, 5.41) is 0. The SMILES string of the molecule is CN(C)c1nc(CN)cc(C2CC2)n1. The fourth-order valence-electron chi connectivity index (χ4n) is 1.40. The molecule has 2 N–H and O–H groups in total. The van der Waals surface area contributed by atoms with E-state index in [1.165, 1.54) is 12.8 Å². The molecule has 1 fully saturated rings. The number of hydrogen-bond acceptors (Lipinski definition) is 4. The molecule has 2 rings (SSSR count). The first-order chi connectivity index (χ1) is 6.70. The van der Waals surface area contributed by atoms with E-state index < -0.39 is 0 Å². The van der Waals surface area contributed by atoms with Gasteiger partial charge in [-0.15, -0.1) is 0 Å². The average Bonchev–Trinajstić information content (AvgIpc) is 3.00. The minimum absolute atomic E-state index is 0.489. The van der Waals surface area contributed by atoms with Crippen LogP contribution in [0.3, 0.4) is 0 Å². The van der Waals surface area contributed by atoms with Gasteiger partial charge in [0.2, 0.25) is 5.95 Å². The molecule has 0 aliphatic heterocycles. The topological polar surface area (TPSA) is 55.0 Å². The molecule has 0 spiro atoms. The van der Waals surface area contributed by atoms with Crippen LogP contribution in [0.15, 0.2) is 6.07 Å². The van der Waals surface area contributed by atoms with Crippen molar-refractivity contribution in [1.29, 1.82) is 0 Å². The Hall–Kier alpha value is -1.16. The maximum atomic E-state index is 5.60. The molecular weight excluding hydrogens is 176 g/mol. The highest BCUT2D eigenvalue weighted by Gasteiger charge is 2.26. The Labute approximate surface area is 84.2 Å². The van der Waals surface area contributed by atoms with Crippen molar-refractivity contribution in [2.75, 3.05) is 19.0 Å². The van der Waals surface area contributed by atoms with E-state index in [9.17, 15) is 0 Å². The van der Waals surface area contributed by atoms with Crippen molar-refractivity contribution >= 4 is 5.95 Å². The van der Waals surface area contributed by atoms with Gasteiger partial charge < -0.3 is 10.6 Å². The molecule has 4 heteroatoms. The third-order valence-electron chi connectivity index (χ3n) is 2.39. The molecule has 76 valence electrons. The summed E-state index contributed by atoms with van der Waals surface area (Å²) in [7, 11) is 3.90. The van der Waals surface area contributed by atoms with Gasteiger partial charge in [-0.05, 0) is 18.9 Å². The second kappa shape index (κ2) is 3.53. The number of anilines is 1. The molecule has 0 saturated heterocycles. The summed E-state index contributed by atoms with van der Waals surface area (Å²) >= 11 is 0. The maximum Gasteiger partial charge on any atom is 0.225 e. The molecule has 0 atom stereocenters. The van der Waals surface area contributed by atoms with Crippen LogP contribution in [-0.4, -0.2) is 24.1 Å². The van der Waals surface area contributed by atoms with Crippen molar-refractivity contribution in [1.82, 2.24) is 9.97 Å². The van der Waals surface area contributed by atoms with Gasteiger partial charge in [0.1, 0.15) is 0 Å². The minimum Gasteiger partial charge on any atom is -0.347 e. The van der Waals surface area contributed by atoms with Crippen molar-refractivity contribution in [2.45, 2.75) is 25.3 Å². The lowest BCUT2D eigenvalue weighted by Gasteiger charge is -2.12. The summed E-state index contributed by atoms with van der Waals surface area (Å²) in [6, 6.07) is 2.03. The molecule has 14 heavy (non-hydrogen) atoms. The second-order valence-electron chi connectivity index (χ2n) is 3.96. The van der Waals surface area contributed by atoms with Gasteiger partial charge in [-0.3, -0.25) is 0 Å². The molecule has 0 aromatic carbocycles. The Morgan fingerprint density at radius 3 is 2.64 bits per heavy atom. The van der Waals surface area contributed by atoms with Crippen LogP contribution in [0.25, 0.3) is 0 Å². The van der Waals surface area contributed by atoms with Crippen molar-refractivity contribution in [3.05, 3.63) is 17.5 Å². The number of rotatable bonds is 3. The highest BCUT2D eigenvalue weighted by Crippen LogP contribution is 2.39. The van der Waals surface area contributed by atoms with Gasteiger partial charge in [-0.1, -0.05) is 0 Å². The summed E-state index contributed by atoms with van der Waals surface area (Å²) in [4.78, 5) is 10.8. The molecule has 1 aromatic rings. The van der Waals surface area contributed by atoms with Crippen LogP contribution in [0, 0.1) is 0 Å². The van der Waals surface area contributed by atoms with E-state index in [0.717, 1.165) is 17.3 Å². The number of hydrogen-bond donors (Lipinski definition) is 1. The van der Waals surface area contributed by atoms with Crippen molar-refractivity contribution in [3.63, 3.8) is 0 Å². The van der Waals surface area contributed by atoms with Gasteiger partial charge in [0.15, 0.2) is 0 Å². The molecule has 1 aliphatic rings. The van der Waals surface area contributed by atoms with Gasteiger partial charge >= 0.3 is 0 Å². The quantitative estimate of drug-likeness (QED) is 0.772. The largest absolute Gasteiger partial charge is 0.347 e. The molecule has 1 aliphatic carbocycles. The minimum atomic E-state index is 0.489. The fraction of sp³-hybridized carbons (Fsp3) is 0.600. The van der Waals surface area contributed by atoms with Crippen LogP contribution >= 0.6 is 0 Å². The van der Waals surface area contributed by atoms with Crippen molar-refractivity contribution < 1.29 is 0 Å². The Bertz CT molecular complexity index is 311. The number of aromatic nitrogens is 2. The van der Waals surface area contributed by atoms with Gasteiger partial charge in [0, 0.05) is 32.3 Å². The normalized spacial score (nSPS) is 15.6. The summed E-state index contributed by atoms with van der Waals surface area (Å²) < 4.78 is 0. The zero-order chi connectivity index (χ0) is 10.1. The third-order valence-corrected chi connectivity index (χ3v) is 2.39. The third kappa shape index (κ3) is 1.85. The first kappa shape index (κ1) is 9.40. The van der Waals surface area contributed by atoms with Crippen LogP contribution < -0.4 is 10.6 Å². The standard InChI is InChI=1S/C10H16N4/c1-14(2)10-12-8(6-11)5-9(13-10)7-3-4-7/h5,7H,3-4,6,11H2,1-2H3. The van der Waals surface area contributed by atoms with Gasteiger partial charge in [-0.25, -0.2) is 9.97 Å². The number of nitrogens with two attached hydrogens (primary N) is 1. The van der Waals surface area contributed by atoms with Crippen LogP contribution in [0.5, 0.6) is 0 Å². The van der Waals surface area contributed by atoms with E-state index in [-0.39, 0.29) is 0 Å². The van der Waals surface area contributed by atoms with Crippen LogP contribution in [0.4, 0.5) is 5.95 Å². The molecular formula is C10H16N4. The molecule has 1 heterocycles. The molecule has 4 nitrogen and oxygen atoms in total. The van der Waals surface area contributed by atoms with Crippen molar-refractivity contribution in [3.8, 4) is 0 Å². The second-order valence-corrected chi connectivity index (χ2v) is 3.96. The van der Waals surface area contributed by atoms with Gasteiger partial charge in [-0.2, -0.15) is 0 Å². The monoisotopic (exact) mass is 192 g/mol. The molecule has 0 unspecified atom stereocenters. The summed E-state index contributed by atoms with van der Waals surface area (Å²) in [6.45, 7) is 0.489. The Morgan fingerprint density at radius 1 is 1.43 bits per heavy atom. The van der Waals surface area contributed by atoms with E-state index in [4.69, 9.17) is 5.73 Å². The van der Waals surface area contributed by atoms with Gasteiger partial charge in [0.25, 0.3) is 0 Å². The first-order valence-corrected chi connectivity index (χ1v) is 4.96. The summed E-state index contributed by atoms with van der Waals surface area (Å²) in [6.07, 6.45) is 2.52. The lowest BCUT2D eigenvalue weighted by atomic mass is 10.2. The predicted molar refractivity (Wildman–Crippen MR) is 56.2 cm³/mol. The average molecular weight is 192 g/mol. The summed E-state index contributed by atoms with van der Waals surface area (Å²) in [5.74, 6) is 1.43. The highest BCUT2D eigenvalue weighted by molar-refractivity contribution is 5.32. The van der Waals surface area contributed by atoms with E-state index in [0.29, 0.717) is 12.5 Å². The number of nitrogens with zero attached hydrogens (tertiary/aromatic N) is 3. The van der Waals surface area contributed by atoms with E-state index >= 15 is 0 Å². The molecule has 0 bridgehead atoms. The van der Waals surface area contributed by atoms with Crippen LogP contribution in [-0.2, 0) is 6.54 Å². The Morgan fingerprint density at radius 2 is 2.14 bits per heavy atom. The van der Waals surface area contributed by atoms with Crippen LogP contribution in [0.2, 0.25) is 0 Å². The Kier molecular flexibility index (Phi) is 2.37. The van der Waals surface area contributed by atoms with Gasteiger partial charge in [0.05, 0.1) is 5.69 Å². The van der Waals surface area contributed by atoms with Crippen molar-refractivity contribution in [2.24, 2.45) is 5.73 Å². The zero-order valence-corrected chi connectivity index (χ0v) is 8.70.